The van der Waals surface area contributed by atoms with Crippen LogP contribution in [0.3, 0.4) is 0 Å². The van der Waals surface area contributed by atoms with E-state index in [2.05, 4.69) is 0 Å². The molecule has 1 aliphatic carbocycles. The van der Waals surface area contributed by atoms with E-state index >= 15 is 0 Å². The number of hydrogen-bond donors (Lipinski definition) is 3. The SMILES string of the molecule is CC1=C([C@H](O)CC/C(=C/c2ccc(CO)o2)c2ccccc2)[C@H](CO)[C@@H]2C(=O)N(c3ccccc3)C(=O)[C@@H]2C1. The van der Waals surface area contributed by atoms with Crippen molar-refractivity contribution in [2.45, 2.75) is 38.9 Å². The van der Waals surface area contributed by atoms with Gasteiger partial charge in [-0.2, -0.15) is 0 Å². The second-order valence-corrected chi connectivity index (χ2v) is 10.3. The first-order valence-electron chi connectivity index (χ1n) is 13.3. The molecule has 202 valence electrons. The van der Waals surface area contributed by atoms with Crippen LogP contribution in [0, 0.1) is 17.8 Å². The van der Waals surface area contributed by atoms with Crippen LogP contribution in [-0.2, 0) is 16.2 Å². The molecule has 39 heavy (non-hydrogen) atoms. The van der Waals surface area contributed by atoms with Gasteiger partial charge in [0, 0.05) is 5.92 Å². The average molecular weight is 528 g/mol. The Morgan fingerprint density at radius 1 is 1.00 bits per heavy atom. The van der Waals surface area contributed by atoms with E-state index in [4.69, 9.17) is 4.42 Å². The predicted molar refractivity (Wildman–Crippen MR) is 148 cm³/mol. The van der Waals surface area contributed by atoms with Gasteiger partial charge in [-0.05, 0) is 73.2 Å². The molecule has 1 aromatic heterocycles. The molecular weight excluding hydrogens is 494 g/mol. The molecule has 3 aromatic rings. The van der Waals surface area contributed by atoms with Crippen molar-refractivity contribution >= 4 is 29.2 Å². The van der Waals surface area contributed by atoms with Crippen LogP contribution in [-0.4, -0.2) is 39.8 Å². The van der Waals surface area contributed by atoms with E-state index in [-0.39, 0.29) is 25.0 Å². The molecule has 0 unspecified atom stereocenters. The topological polar surface area (TPSA) is 111 Å². The Balaban J connectivity index is 1.39. The summed E-state index contributed by atoms with van der Waals surface area (Å²) in [4.78, 5) is 28.1. The number of hydrogen-bond acceptors (Lipinski definition) is 6. The van der Waals surface area contributed by atoms with Gasteiger partial charge in [-0.25, -0.2) is 0 Å². The van der Waals surface area contributed by atoms with Crippen LogP contribution in [0.15, 0.2) is 88.4 Å². The van der Waals surface area contributed by atoms with Crippen molar-refractivity contribution in [3.05, 3.63) is 101 Å². The van der Waals surface area contributed by atoms with Crippen LogP contribution in [0.2, 0.25) is 0 Å². The van der Waals surface area contributed by atoms with Gasteiger partial charge in [0.15, 0.2) is 0 Å². The van der Waals surface area contributed by atoms with E-state index < -0.39 is 23.9 Å². The fourth-order valence-corrected chi connectivity index (χ4v) is 6.08. The van der Waals surface area contributed by atoms with Crippen LogP contribution in [0.4, 0.5) is 5.69 Å². The third kappa shape index (κ3) is 5.26. The number of carbonyl (C=O) groups excluding carboxylic acids is 2. The van der Waals surface area contributed by atoms with E-state index in [0.717, 1.165) is 16.7 Å². The van der Waals surface area contributed by atoms with Crippen molar-refractivity contribution in [1.29, 1.82) is 0 Å². The summed E-state index contributed by atoms with van der Waals surface area (Å²) < 4.78 is 5.67. The number of anilines is 1. The van der Waals surface area contributed by atoms with Crippen molar-refractivity contribution in [3.63, 3.8) is 0 Å². The zero-order valence-corrected chi connectivity index (χ0v) is 21.9. The number of nitrogens with zero attached hydrogens (tertiary/aromatic N) is 1. The quantitative estimate of drug-likeness (QED) is 0.277. The fraction of sp³-hybridized carbons (Fsp3) is 0.312. The Bertz CT molecular complexity index is 1390. The lowest BCUT2D eigenvalue weighted by Crippen LogP contribution is -2.38. The Morgan fingerprint density at radius 2 is 1.69 bits per heavy atom. The largest absolute Gasteiger partial charge is 0.459 e. The highest BCUT2D eigenvalue weighted by atomic mass is 16.4. The van der Waals surface area contributed by atoms with Gasteiger partial charge >= 0.3 is 0 Å². The Hall–Kier alpha value is -3.78. The highest BCUT2D eigenvalue weighted by Gasteiger charge is 2.54. The first kappa shape index (κ1) is 26.8. The lowest BCUT2D eigenvalue weighted by Gasteiger charge is -2.35. The maximum absolute atomic E-state index is 13.5. The number of carbonyl (C=O) groups is 2. The highest BCUT2D eigenvalue weighted by molar-refractivity contribution is 6.22. The van der Waals surface area contributed by atoms with Crippen molar-refractivity contribution in [2.24, 2.45) is 17.8 Å². The first-order valence-corrected chi connectivity index (χ1v) is 13.3. The van der Waals surface area contributed by atoms with E-state index in [1.165, 1.54) is 4.90 Å². The molecule has 5 rings (SSSR count). The van der Waals surface area contributed by atoms with E-state index in [0.29, 0.717) is 42.0 Å². The number of aliphatic hydroxyl groups excluding tert-OH is 3. The number of benzene rings is 2. The lowest BCUT2D eigenvalue weighted by molar-refractivity contribution is -0.123. The van der Waals surface area contributed by atoms with Crippen molar-refractivity contribution in [3.8, 4) is 0 Å². The van der Waals surface area contributed by atoms with Gasteiger partial charge in [0.25, 0.3) is 0 Å². The molecule has 3 N–H and O–H groups in total. The minimum Gasteiger partial charge on any atom is -0.459 e. The summed E-state index contributed by atoms with van der Waals surface area (Å²) in [6, 6.07) is 22.2. The van der Waals surface area contributed by atoms with Crippen LogP contribution in [0.25, 0.3) is 11.6 Å². The van der Waals surface area contributed by atoms with Crippen LogP contribution in [0.5, 0.6) is 0 Å². The van der Waals surface area contributed by atoms with E-state index in [1.807, 2.05) is 49.4 Å². The molecule has 2 heterocycles. The number of para-hydroxylation sites is 1. The number of furan rings is 1. The van der Waals surface area contributed by atoms with E-state index in [1.54, 1.807) is 36.4 Å². The van der Waals surface area contributed by atoms with Gasteiger partial charge in [0.2, 0.25) is 11.8 Å². The van der Waals surface area contributed by atoms with Gasteiger partial charge in [0.05, 0.1) is 30.2 Å². The molecule has 1 fully saturated rings. The maximum Gasteiger partial charge on any atom is 0.238 e. The number of allylic oxidation sites excluding steroid dienone is 2. The average Bonchev–Trinajstić information content (AvgIpc) is 3.52. The maximum atomic E-state index is 13.5. The molecule has 4 atom stereocenters. The molecule has 7 heteroatoms. The summed E-state index contributed by atoms with van der Waals surface area (Å²) in [5, 5.41) is 31.2. The van der Waals surface area contributed by atoms with Crippen LogP contribution >= 0.6 is 0 Å². The second kappa shape index (κ2) is 11.5. The van der Waals surface area contributed by atoms with Gasteiger partial charge in [-0.1, -0.05) is 54.1 Å². The number of aliphatic hydroxyl groups is 3. The first-order chi connectivity index (χ1) is 18.9. The summed E-state index contributed by atoms with van der Waals surface area (Å²) in [6.45, 7) is 1.37. The van der Waals surface area contributed by atoms with Crippen molar-refractivity contribution in [2.75, 3.05) is 11.5 Å². The zero-order chi connectivity index (χ0) is 27.5. The molecule has 7 nitrogen and oxygen atoms in total. The second-order valence-electron chi connectivity index (χ2n) is 10.3. The minimum absolute atomic E-state index is 0.186. The molecule has 1 aliphatic heterocycles. The summed E-state index contributed by atoms with van der Waals surface area (Å²) >= 11 is 0. The monoisotopic (exact) mass is 527 g/mol. The van der Waals surface area contributed by atoms with Crippen LogP contribution in [0.1, 0.15) is 43.3 Å². The molecule has 1 saturated heterocycles. The summed E-state index contributed by atoms with van der Waals surface area (Å²) in [6.07, 6.45) is 2.25. The lowest BCUT2D eigenvalue weighted by atomic mass is 9.68. The smallest absolute Gasteiger partial charge is 0.238 e. The Labute approximate surface area is 227 Å². The van der Waals surface area contributed by atoms with E-state index in [9.17, 15) is 24.9 Å². The normalized spacial score (nSPS) is 22.4. The molecule has 0 spiro atoms. The van der Waals surface area contributed by atoms with Gasteiger partial charge in [0.1, 0.15) is 18.1 Å². The minimum atomic E-state index is -0.895. The number of fused-ring (bicyclic) bond motifs is 1. The molecule has 2 amide bonds. The molecule has 2 aliphatic rings. The summed E-state index contributed by atoms with van der Waals surface area (Å²) in [5.41, 5.74) is 3.96. The predicted octanol–water partition coefficient (Wildman–Crippen LogP) is 4.59. The highest BCUT2D eigenvalue weighted by Crippen LogP contribution is 2.47. The summed E-state index contributed by atoms with van der Waals surface area (Å²) in [7, 11) is 0. The number of imide groups is 1. The zero-order valence-electron chi connectivity index (χ0n) is 21.9. The van der Waals surface area contributed by atoms with Gasteiger partial charge < -0.3 is 19.7 Å². The van der Waals surface area contributed by atoms with Crippen molar-refractivity contribution in [1.82, 2.24) is 0 Å². The fourth-order valence-electron chi connectivity index (χ4n) is 6.08. The molecule has 0 bridgehead atoms. The standard InChI is InChI=1S/C32H33NO6/c1-20-16-26-30(32(38)33(31(26)37)23-10-6-3-7-11-23)27(19-35)29(20)28(36)15-12-22(21-8-4-2-5-9-21)17-24-13-14-25(18-34)39-24/h2-11,13-14,17,26-28,30,34-36H,12,15-16,18-19H2,1H3/b22-17-/t26-,27+,28-,30-/m1/s1. The van der Waals surface area contributed by atoms with Gasteiger partial charge in [-0.3, -0.25) is 14.5 Å². The Kier molecular flexibility index (Phi) is 7.93. The summed E-state index contributed by atoms with van der Waals surface area (Å²) in [5.74, 6) is -1.40. The number of rotatable bonds is 9. The number of amides is 2. The third-order valence-corrected chi connectivity index (χ3v) is 7.89. The van der Waals surface area contributed by atoms with Gasteiger partial charge in [-0.15, -0.1) is 0 Å². The molecule has 2 aromatic carbocycles. The van der Waals surface area contributed by atoms with Crippen molar-refractivity contribution < 1.29 is 29.3 Å². The molecule has 0 saturated carbocycles. The molecule has 0 radical (unpaired) electrons. The third-order valence-electron chi connectivity index (χ3n) is 7.89. The van der Waals surface area contributed by atoms with Crippen LogP contribution < -0.4 is 4.90 Å². The Morgan fingerprint density at radius 3 is 2.33 bits per heavy atom. The molecular formula is C32H33NO6.